The summed E-state index contributed by atoms with van der Waals surface area (Å²) in [7, 11) is 0. The third-order valence-electron chi connectivity index (χ3n) is 4.99. The van der Waals surface area contributed by atoms with Crippen LogP contribution in [-0.2, 0) is 16.1 Å². The molecule has 6 nitrogen and oxygen atoms in total. The zero-order valence-electron chi connectivity index (χ0n) is 17.2. The van der Waals surface area contributed by atoms with E-state index < -0.39 is 5.97 Å². The van der Waals surface area contributed by atoms with E-state index in [1.165, 1.54) is 18.3 Å². The van der Waals surface area contributed by atoms with Crippen molar-refractivity contribution >= 4 is 56.5 Å². The minimum absolute atomic E-state index is 0.0281. The maximum absolute atomic E-state index is 12.5. The molecule has 4 aromatic rings. The molecule has 31 heavy (non-hydrogen) atoms. The number of nitrogens with zero attached hydrogens (tertiary/aromatic N) is 2. The van der Waals surface area contributed by atoms with Gasteiger partial charge in [-0.15, -0.1) is 11.3 Å². The minimum atomic E-state index is -0.562. The molecule has 158 valence electrons. The zero-order chi connectivity index (χ0) is 22.1. The fraction of sp³-hybridized carbons (Fsp3) is 0.174. The van der Waals surface area contributed by atoms with Gasteiger partial charge in [0, 0.05) is 23.2 Å². The number of para-hydroxylation sites is 1. The molecule has 1 amide bonds. The van der Waals surface area contributed by atoms with Gasteiger partial charge in [-0.1, -0.05) is 35.9 Å². The number of ether oxygens (including phenoxy) is 1. The smallest absolute Gasteiger partial charge is 0.356 e. The number of H-pyrrole nitrogens is 1. The van der Waals surface area contributed by atoms with Crippen molar-refractivity contribution in [1.29, 1.82) is 0 Å². The first-order chi connectivity index (χ1) is 14.8. The third kappa shape index (κ3) is 4.19. The molecule has 1 N–H and O–H groups in total. The normalized spacial score (nSPS) is 11.0. The minimum Gasteiger partial charge on any atom is -0.454 e. The molecule has 0 spiro atoms. The number of halogens is 1. The number of aryl methyl sites for hydroxylation is 2. The van der Waals surface area contributed by atoms with Gasteiger partial charge in [0.1, 0.15) is 12.3 Å². The largest absolute Gasteiger partial charge is 0.454 e. The number of rotatable bonds is 5. The van der Waals surface area contributed by atoms with Gasteiger partial charge < -0.3 is 9.72 Å². The number of fused-ring (bicyclic) bond motifs is 1. The van der Waals surface area contributed by atoms with E-state index in [4.69, 9.17) is 16.3 Å². The van der Waals surface area contributed by atoms with Gasteiger partial charge in [-0.3, -0.25) is 9.69 Å². The molecule has 0 atom stereocenters. The number of esters is 1. The first-order valence-corrected chi connectivity index (χ1v) is 10.9. The van der Waals surface area contributed by atoms with Gasteiger partial charge in [0.15, 0.2) is 5.13 Å². The molecular formula is C23H20ClN3O3S. The molecule has 0 aliphatic rings. The molecule has 0 aliphatic carbocycles. The van der Waals surface area contributed by atoms with E-state index in [1.807, 2.05) is 56.3 Å². The quantitative estimate of drug-likeness (QED) is 0.379. The van der Waals surface area contributed by atoms with Crippen molar-refractivity contribution in [3.8, 4) is 0 Å². The fourth-order valence-electron chi connectivity index (χ4n) is 3.22. The molecule has 2 aromatic carbocycles. The average molecular weight is 454 g/mol. The highest BCUT2D eigenvalue weighted by molar-refractivity contribution is 7.14. The Balaban J connectivity index is 1.51. The van der Waals surface area contributed by atoms with E-state index in [0.717, 1.165) is 27.7 Å². The van der Waals surface area contributed by atoms with Crippen LogP contribution >= 0.6 is 22.9 Å². The Labute approximate surface area is 188 Å². The van der Waals surface area contributed by atoms with Crippen LogP contribution in [0.1, 0.15) is 34.2 Å². The summed E-state index contributed by atoms with van der Waals surface area (Å²) in [6, 6.07) is 13.2. The average Bonchev–Trinajstić information content (AvgIpc) is 3.34. The van der Waals surface area contributed by atoms with Gasteiger partial charge in [-0.2, -0.15) is 0 Å². The van der Waals surface area contributed by atoms with Crippen LogP contribution in [0.3, 0.4) is 0 Å². The number of anilines is 2. The highest BCUT2D eigenvalue weighted by Crippen LogP contribution is 2.31. The fourth-order valence-corrected chi connectivity index (χ4v) is 4.38. The first-order valence-electron chi connectivity index (χ1n) is 9.61. The third-order valence-corrected chi connectivity index (χ3v) is 6.26. The highest BCUT2D eigenvalue weighted by atomic mass is 35.5. The molecule has 2 heterocycles. The van der Waals surface area contributed by atoms with Crippen molar-refractivity contribution in [3.63, 3.8) is 0 Å². The molecule has 0 fully saturated rings. The van der Waals surface area contributed by atoms with Gasteiger partial charge in [-0.25, -0.2) is 9.78 Å². The van der Waals surface area contributed by atoms with E-state index in [1.54, 1.807) is 10.3 Å². The number of hydrogen-bond acceptors (Lipinski definition) is 5. The lowest BCUT2D eigenvalue weighted by Crippen LogP contribution is -2.22. The van der Waals surface area contributed by atoms with E-state index in [9.17, 15) is 9.59 Å². The molecule has 4 rings (SSSR count). The number of nitrogens with one attached hydrogen (secondary N) is 1. The Bertz CT molecular complexity index is 1290. The summed E-state index contributed by atoms with van der Waals surface area (Å²) in [6.07, 6.45) is 0. The lowest BCUT2D eigenvalue weighted by Gasteiger charge is -2.19. The number of aromatic nitrogens is 2. The summed E-state index contributed by atoms with van der Waals surface area (Å²) in [5, 5.41) is 3.38. The zero-order valence-corrected chi connectivity index (χ0v) is 18.8. The van der Waals surface area contributed by atoms with Crippen LogP contribution in [0.15, 0.2) is 47.8 Å². The van der Waals surface area contributed by atoms with E-state index in [0.29, 0.717) is 15.8 Å². The summed E-state index contributed by atoms with van der Waals surface area (Å²) < 4.78 is 5.40. The van der Waals surface area contributed by atoms with Crippen molar-refractivity contribution < 1.29 is 14.3 Å². The summed E-state index contributed by atoms with van der Waals surface area (Å²) >= 11 is 7.63. The van der Waals surface area contributed by atoms with E-state index in [-0.39, 0.29) is 18.2 Å². The van der Waals surface area contributed by atoms with Gasteiger partial charge >= 0.3 is 5.97 Å². The number of carbonyl (C=O) groups excluding carboxylic acids is 2. The van der Waals surface area contributed by atoms with Crippen molar-refractivity contribution in [3.05, 3.63) is 75.4 Å². The van der Waals surface area contributed by atoms with Crippen LogP contribution in [0.5, 0.6) is 0 Å². The molecule has 0 radical (unpaired) electrons. The molecule has 0 aliphatic heterocycles. The Kier molecular flexibility index (Phi) is 5.80. The predicted molar refractivity (Wildman–Crippen MR) is 123 cm³/mol. The first kappa shape index (κ1) is 21.1. The SMILES string of the molecule is CC(=O)N(c1ccc(C)c(C)c1)c1nc(COC(=O)c2[nH]c3ccccc3c2Cl)cs1. The van der Waals surface area contributed by atoms with Crippen LogP contribution in [0.2, 0.25) is 5.02 Å². The van der Waals surface area contributed by atoms with Crippen LogP contribution in [-0.4, -0.2) is 21.8 Å². The number of aromatic amines is 1. The summed E-state index contributed by atoms with van der Waals surface area (Å²) in [5.41, 5.74) is 4.51. The van der Waals surface area contributed by atoms with Crippen molar-refractivity contribution in [1.82, 2.24) is 9.97 Å². The predicted octanol–water partition coefficient (Wildman–Crippen LogP) is 5.94. The van der Waals surface area contributed by atoms with Crippen LogP contribution < -0.4 is 4.90 Å². The number of hydrogen-bond donors (Lipinski definition) is 1. The van der Waals surface area contributed by atoms with Crippen LogP contribution in [0.25, 0.3) is 10.9 Å². The number of carbonyl (C=O) groups is 2. The molecule has 0 unspecified atom stereocenters. The Hall–Kier alpha value is -3.16. The molecular weight excluding hydrogens is 434 g/mol. The van der Waals surface area contributed by atoms with Gasteiger partial charge in [0.25, 0.3) is 0 Å². The monoisotopic (exact) mass is 453 g/mol. The maximum atomic E-state index is 12.5. The van der Waals surface area contributed by atoms with Gasteiger partial charge in [-0.05, 0) is 43.2 Å². The Morgan fingerprint density at radius 2 is 1.94 bits per heavy atom. The van der Waals surface area contributed by atoms with Gasteiger partial charge in [0.05, 0.1) is 16.4 Å². The maximum Gasteiger partial charge on any atom is 0.356 e. The van der Waals surface area contributed by atoms with Crippen molar-refractivity contribution in [2.75, 3.05) is 4.90 Å². The number of amides is 1. The summed E-state index contributed by atoms with van der Waals surface area (Å²) in [4.78, 5) is 33.9. The lowest BCUT2D eigenvalue weighted by atomic mass is 10.1. The Morgan fingerprint density at radius 3 is 2.65 bits per heavy atom. The second kappa shape index (κ2) is 8.53. The molecule has 0 bridgehead atoms. The van der Waals surface area contributed by atoms with Crippen LogP contribution in [0, 0.1) is 13.8 Å². The van der Waals surface area contributed by atoms with E-state index >= 15 is 0 Å². The highest BCUT2D eigenvalue weighted by Gasteiger charge is 2.21. The second-order valence-electron chi connectivity index (χ2n) is 7.18. The summed E-state index contributed by atoms with van der Waals surface area (Å²) in [5.74, 6) is -0.709. The number of thiazole rings is 1. The van der Waals surface area contributed by atoms with Crippen LogP contribution in [0.4, 0.5) is 10.8 Å². The van der Waals surface area contributed by atoms with E-state index in [2.05, 4.69) is 9.97 Å². The molecule has 0 saturated carbocycles. The van der Waals surface area contributed by atoms with Crippen molar-refractivity contribution in [2.45, 2.75) is 27.4 Å². The van der Waals surface area contributed by atoms with Crippen molar-refractivity contribution in [2.24, 2.45) is 0 Å². The second-order valence-corrected chi connectivity index (χ2v) is 8.39. The van der Waals surface area contributed by atoms with Gasteiger partial charge in [0.2, 0.25) is 5.91 Å². The Morgan fingerprint density at radius 1 is 1.16 bits per heavy atom. The number of benzene rings is 2. The lowest BCUT2D eigenvalue weighted by molar-refractivity contribution is -0.115. The standard InChI is InChI=1S/C23H20ClN3O3S/c1-13-8-9-17(10-14(13)2)27(15(3)28)23-25-16(12-31-23)11-30-22(29)21-20(24)18-6-4-5-7-19(18)26-21/h4-10,12,26H,11H2,1-3H3. The summed E-state index contributed by atoms with van der Waals surface area (Å²) in [6.45, 7) is 5.49. The molecule has 2 aromatic heterocycles. The molecule has 8 heteroatoms. The molecule has 0 saturated heterocycles. The topological polar surface area (TPSA) is 75.3 Å².